The minimum Gasteiger partial charge on any atom is -0.476 e. The number of aryl methyl sites for hydroxylation is 2. The zero-order valence-electron chi connectivity index (χ0n) is 10.8. The number of hydrogen-bond donors (Lipinski definition) is 1. The Kier molecular flexibility index (Phi) is 2.85. The molecule has 0 radical (unpaired) electrons. The summed E-state index contributed by atoms with van der Waals surface area (Å²) >= 11 is 0. The van der Waals surface area contributed by atoms with Crippen molar-refractivity contribution in [2.24, 2.45) is 0 Å². The molecule has 0 amide bonds. The first-order valence-electron chi connectivity index (χ1n) is 6.50. The summed E-state index contributed by atoms with van der Waals surface area (Å²) in [6.45, 7) is 2.95. The first-order valence-corrected chi connectivity index (χ1v) is 6.50. The molecular formula is C15H16N2O2. The molecular weight excluding hydrogens is 240 g/mol. The number of carbonyl (C=O) groups is 1. The van der Waals surface area contributed by atoms with Gasteiger partial charge in [-0.25, -0.2) is 9.78 Å². The van der Waals surface area contributed by atoms with Crippen LogP contribution in [-0.2, 0) is 13.0 Å². The van der Waals surface area contributed by atoms with Crippen LogP contribution in [-0.4, -0.2) is 20.6 Å². The topological polar surface area (TPSA) is 55.1 Å². The minimum atomic E-state index is -0.950. The van der Waals surface area contributed by atoms with Gasteiger partial charge in [-0.05, 0) is 24.5 Å². The van der Waals surface area contributed by atoms with E-state index in [1.807, 2.05) is 10.6 Å². The molecule has 4 heteroatoms. The molecule has 2 aromatic rings. The molecule has 98 valence electrons. The predicted octanol–water partition coefficient (Wildman–Crippen LogP) is 2.62. The number of carboxylic acids is 1. The minimum absolute atomic E-state index is 0.153. The zero-order chi connectivity index (χ0) is 13.4. The van der Waals surface area contributed by atoms with Gasteiger partial charge in [0.25, 0.3) is 0 Å². The fraction of sp³-hybridized carbons (Fsp3) is 0.333. The Morgan fingerprint density at radius 1 is 1.42 bits per heavy atom. The summed E-state index contributed by atoms with van der Waals surface area (Å²) in [6, 6.07) is 8.41. The highest BCUT2D eigenvalue weighted by Crippen LogP contribution is 2.30. The molecule has 2 heterocycles. The van der Waals surface area contributed by atoms with Gasteiger partial charge in [-0.2, -0.15) is 0 Å². The average Bonchev–Trinajstić information content (AvgIpc) is 2.82. The van der Waals surface area contributed by atoms with Crippen molar-refractivity contribution in [1.29, 1.82) is 0 Å². The molecule has 0 saturated heterocycles. The van der Waals surface area contributed by atoms with Crippen LogP contribution in [0.1, 0.15) is 39.8 Å². The van der Waals surface area contributed by atoms with Gasteiger partial charge in [0.1, 0.15) is 5.82 Å². The number of fused-ring (bicyclic) bond motifs is 1. The largest absolute Gasteiger partial charge is 0.476 e. The number of benzene rings is 1. The monoisotopic (exact) mass is 256 g/mol. The van der Waals surface area contributed by atoms with Gasteiger partial charge in [-0.15, -0.1) is 0 Å². The molecule has 0 fully saturated rings. The second-order valence-electron chi connectivity index (χ2n) is 5.09. The average molecular weight is 256 g/mol. The van der Waals surface area contributed by atoms with Crippen LogP contribution in [0, 0.1) is 6.92 Å². The number of aromatic carboxylic acids is 1. The fourth-order valence-electron chi connectivity index (χ4n) is 2.85. The number of carboxylic acid groups (broad SMARTS) is 1. The van der Waals surface area contributed by atoms with Gasteiger partial charge < -0.3 is 9.67 Å². The summed E-state index contributed by atoms with van der Waals surface area (Å²) in [5.41, 5.74) is 2.81. The van der Waals surface area contributed by atoms with E-state index in [-0.39, 0.29) is 5.69 Å². The van der Waals surface area contributed by atoms with Gasteiger partial charge in [0.15, 0.2) is 5.69 Å². The van der Waals surface area contributed by atoms with E-state index < -0.39 is 5.97 Å². The maximum absolute atomic E-state index is 10.9. The molecule has 0 spiro atoms. The second kappa shape index (κ2) is 4.53. The van der Waals surface area contributed by atoms with Gasteiger partial charge in [-0.3, -0.25) is 0 Å². The molecule has 0 saturated carbocycles. The van der Waals surface area contributed by atoms with Gasteiger partial charge in [-0.1, -0.05) is 24.3 Å². The molecule has 4 nitrogen and oxygen atoms in total. The number of rotatable bonds is 2. The molecule has 0 bridgehead atoms. The summed E-state index contributed by atoms with van der Waals surface area (Å²) in [4.78, 5) is 15.1. The molecule has 1 aliphatic heterocycles. The molecule has 1 aromatic carbocycles. The molecule has 3 rings (SSSR count). The number of aromatic nitrogens is 2. The summed E-state index contributed by atoms with van der Waals surface area (Å²) in [5, 5.41) is 8.99. The molecule has 19 heavy (non-hydrogen) atoms. The maximum Gasteiger partial charge on any atom is 0.356 e. The highest BCUT2D eigenvalue weighted by atomic mass is 16.4. The summed E-state index contributed by atoms with van der Waals surface area (Å²) in [6.07, 6.45) is 3.52. The third-order valence-electron chi connectivity index (χ3n) is 3.84. The Morgan fingerprint density at radius 2 is 2.21 bits per heavy atom. The van der Waals surface area contributed by atoms with E-state index in [2.05, 4.69) is 30.1 Å². The van der Waals surface area contributed by atoms with Crippen LogP contribution in [0.2, 0.25) is 0 Å². The lowest BCUT2D eigenvalue weighted by molar-refractivity contribution is 0.0691. The molecule has 1 N–H and O–H groups in total. The van der Waals surface area contributed by atoms with E-state index in [4.69, 9.17) is 5.11 Å². The summed E-state index contributed by atoms with van der Waals surface area (Å²) < 4.78 is 1.99. The number of nitrogens with zero attached hydrogens (tertiary/aromatic N) is 2. The van der Waals surface area contributed by atoms with E-state index in [0.29, 0.717) is 5.92 Å². The first kappa shape index (κ1) is 12.0. The van der Waals surface area contributed by atoms with Gasteiger partial charge in [0, 0.05) is 25.1 Å². The third-order valence-corrected chi connectivity index (χ3v) is 3.84. The zero-order valence-corrected chi connectivity index (χ0v) is 10.8. The first-order chi connectivity index (χ1) is 9.15. The highest BCUT2D eigenvalue weighted by molar-refractivity contribution is 5.85. The van der Waals surface area contributed by atoms with Crippen molar-refractivity contribution >= 4 is 5.97 Å². The predicted molar refractivity (Wildman–Crippen MR) is 71.4 cm³/mol. The lowest BCUT2D eigenvalue weighted by Crippen LogP contribution is -2.19. The summed E-state index contributed by atoms with van der Waals surface area (Å²) in [7, 11) is 0. The Bertz CT molecular complexity index is 631. The molecule has 1 aromatic heterocycles. The van der Waals surface area contributed by atoms with Crippen LogP contribution in [0.15, 0.2) is 30.5 Å². The Labute approximate surface area is 111 Å². The normalized spacial score (nSPS) is 18.1. The lowest BCUT2D eigenvalue weighted by Gasteiger charge is -2.25. The Balaban J connectivity index is 1.90. The standard InChI is InChI=1S/C15H16N2O2/c1-10-4-2-3-5-12(10)11-6-7-14-16-13(15(18)19)9-17(14)8-11/h2-5,9,11H,6-8H2,1H3,(H,18,19). The summed E-state index contributed by atoms with van der Waals surface area (Å²) in [5.74, 6) is 0.390. The van der Waals surface area contributed by atoms with Crippen molar-refractivity contribution in [3.63, 3.8) is 0 Å². The molecule has 1 aliphatic rings. The lowest BCUT2D eigenvalue weighted by atomic mass is 9.89. The molecule has 1 unspecified atom stereocenters. The van der Waals surface area contributed by atoms with Crippen LogP contribution >= 0.6 is 0 Å². The van der Waals surface area contributed by atoms with Gasteiger partial charge >= 0.3 is 5.97 Å². The smallest absolute Gasteiger partial charge is 0.356 e. The Morgan fingerprint density at radius 3 is 2.95 bits per heavy atom. The van der Waals surface area contributed by atoms with Gasteiger partial charge in [0.2, 0.25) is 0 Å². The van der Waals surface area contributed by atoms with E-state index in [1.54, 1.807) is 6.20 Å². The van der Waals surface area contributed by atoms with Crippen molar-refractivity contribution in [1.82, 2.24) is 9.55 Å². The van der Waals surface area contributed by atoms with Crippen molar-refractivity contribution in [3.8, 4) is 0 Å². The van der Waals surface area contributed by atoms with Crippen LogP contribution in [0.5, 0.6) is 0 Å². The van der Waals surface area contributed by atoms with E-state index >= 15 is 0 Å². The van der Waals surface area contributed by atoms with Crippen molar-refractivity contribution < 1.29 is 9.90 Å². The molecule has 0 aliphatic carbocycles. The highest BCUT2D eigenvalue weighted by Gasteiger charge is 2.23. The molecule has 1 atom stereocenters. The van der Waals surface area contributed by atoms with Crippen LogP contribution in [0.3, 0.4) is 0 Å². The second-order valence-corrected chi connectivity index (χ2v) is 5.09. The maximum atomic E-state index is 10.9. The van der Waals surface area contributed by atoms with Crippen molar-refractivity contribution in [2.45, 2.75) is 32.2 Å². The third kappa shape index (κ3) is 2.14. The van der Waals surface area contributed by atoms with Crippen LogP contribution in [0.25, 0.3) is 0 Å². The van der Waals surface area contributed by atoms with E-state index in [0.717, 1.165) is 25.2 Å². The van der Waals surface area contributed by atoms with E-state index in [1.165, 1.54) is 11.1 Å². The number of hydrogen-bond acceptors (Lipinski definition) is 2. The quantitative estimate of drug-likeness (QED) is 0.898. The van der Waals surface area contributed by atoms with Crippen molar-refractivity contribution in [2.75, 3.05) is 0 Å². The van der Waals surface area contributed by atoms with E-state index in [9.17, 15) is 4.79 Å². The van der Waals surface area contributed by atoms with Gasteiger partial charge in [0.05, 0.1) is 0 Å². The van der Waals surface area contributed by atoms with Crippen molar-refractivity contribution in [3.05, 3.63) is 53.1 Å². The van der Waals surface area contributed by atoms with Crippen LogP contribution in [0.4, 0.5) is 0 Å². The Hall–Kier alpha value is -2.10. The fourth-order valence-corrected chi connectivity index (χ4v) is 2.85. The SMILES string of the molecule is Cc1ccccc1C1CCc2nc(C(=O)O)cn2C1. The van der Waals surface area contributed by atoms with Crippen LogP contribution < -0.4 is 0 Å². The number of imidazole rings is 1.